The molecule has 2 N–H and O–H groups in total. The summed E-state index contributed by atoms with van der Waals surface area (Å²) < 4.78 is 43.2. The lowest BCUT2D eigenvalue weighted by Crippen LogP contribution is -2.38. The summed E-state index contributed by atoms with van der Waals surface area (Å²) in [5.74, 6) is 1.21. The number of aliphatic imine (C=N–C) groups is 1. The van der Waals surface area contributed by atoms with Gasteiger partial charge in [-0.15, -0.1) is 35.3 Å². The fourth-order valence-electron chi connectivity index (χ4n) is 2.47. The maximum Gasteiger partial charge on any atom is 0.434 e. The Morgan fingerprint density at radius 2 is 1.97 bits per heavy atom. The normalized spacial score (nSPS) is 11.8. The van der Waals surface area contributed by atoms with E-state index < -0.39 is 11.9 Å². The van der Waals surface area contributed by atoms with Crippen LogP contribution in [0.2, 0.25) is 0 Å². The first-order chi connectivity index (χ1) is 14.0. The van der Waals surface area contributed by atoms with Crippen LogP contribution in [0.25, 0.3) is 11.3 Å². The van der Waals surface area contributed by atoms with Gasteiger partial charge in [0.2, 0.25) is 0 Å². The van der Waals surface area contributed by atoms with Crippen LogP contribution in [0.1, 0.15) is 23.3 Å². The highest BCUT2D eigenvalue weighted by Gasteiger charge is 2.33. The molecule has 6 nitrogen and oxygen atoms in total. The topological polar surface area (TPSA) is 75.3 Å². The predicted octanol–water partition coefficient (Wildman–Crippen LogP) is 4.73. The second-order valence-electron chi connectivity index (χ2n) is 6.04. The SMILES string of the molecule is CCNC(=NCc1cc(-c2ccccc2)on1)NCCc1nc(C(F)(F)F)cs1.I. The van der Waals surface area contributed by atoms with Gasteiger partial charge in [0.25, 0.3) is 0 Å². The van der Waals surface area contributed by atoms with E-state index in [1.165, 1.54) is 0 Å². The molecule has 0 atom stereocenters. The molecule has 162 valence electrons. The van der Waals surface area contributed by atoms with E-state index in [0.29, 0.717) is 48.5 Å². The highest BCUT2D eigenvalue weighted by atomic mass is 127. The Kier molecular flexibility index (Phi) is 9.08. The minimum Gasteiger partial charge on any atom is -0.357 e. The Morgan fingerprint density at radius 1 is 1.20 bits per heavy atom. The van der Waals surface area contributed by atoms with E-state index in [0.717, 1.165) is 22.3 Å². The zero-order chi connectivity index (χ0) is 20.7. The summed E-state index contributed by atoms with van der Waals surface area (Å²) in [6.45, 7) is 3.29. The lowest BCUT2D eigenvalue weighted by molar-refractivity contribution is -0.140. The number of aromatic nitrogens is 2. The fraction of sp³-hybridized carbons (Fsp3) is 0.316. The number of rotatable bonds is 7. The van der Waals surface area contributed by atoms with Crippen LogP contribution in [0.15, 0.2) is 51.3 Å². The molecule has 3 rings (SSSR count). The molecule has 1 aromatic carbocycles. The summed E-state index contributed by atoms with van der Waals surface area (Å²) in [6.07, 6.45) is -4.04. The molecule has 0 amide bonds. The smallest absolute Gasteiger partial charge is 0.357 e. The lowest BCUT2D eigenvalue weighted by Gasteiger charge is -2.10. The molecule has 0 aliphatic heterocycles. The van der Waals surface area contributed by atoms with Gasteiger partial charge in [-0.2, -0.15) is 13.2 Å². The monoisotopic (exact) mass is 551 g/mol. The summed E-state index contributed by atoms with van der Waals surface area (Å²) in [5, 5.41) is 11.7. The van der Waals surface area contributed by atoms with Crippen LogP contribution >= 0.6 is 35.3 Å². The largest absolute Gasteiger partial charge is 0.434 e. The molecule has 0 spiro atoms. The van der Waals surface area contributed by atoms with Gasteiger partial charge in [0.15, 0.2) is 17.4 Å². The highest BCUT2D eigenvalue weighted by molar-refractivity contribution is 14.0. The van der Waals surface area contributed by atoms with Crippen molar-refractivity contribution < 1.29 is 17.7 Å². The maximum absolute atomic E-state index is 12.6. The van der Waals surface area contributed by atoms with Crippen molar-refractivity contribution in [3.63, 3.8) is 0 Å². The number of alkyl halides is 3. The van der Waals surface area contributed by atoms with Gasteiger partial charge in [0.1, 0.15) is 5.69 Å². The van der Waals surface area contributed by atoms with E-state index in [4.69, 9.17) is 4.52 Å². The molecule has 2 heterocycles. The first-order valence-corrected chi connectivity index (χ1v) is 9.88. The van der Waals surface area contributed by atoms with Gasteiger partial charge >= 0.3 is 6.18 Å². The zero-order valence-corrected chi connectivity index (χ0v) is 19.2. The van der Waals surface area contributed by atoms with Gasteiger partial charge < -0.3 is 15.2 Å². The van der Waals surface area contributed by atoms with Crippen molar-refractivity contribution in [3.8, 4) is 11.3 Å². The molecule has 0 bridgehead atoms. The van der Waals surface area contributed by atoms with Gasteiger partial charge in [-0.3, -0.25) is 0 Å². The average Bonchev–Trinajstić information content (AvgIpc) is 3.36. The van der Waals surface area contributed by atoms with Crippen molar-refractivity contribution in [2.45, 2.75) is 26.1 Å². The Bertz CT molecular complexity index is 943. The van der Waals surface area contributed by atoms with E-state index in [9.17, 15) is 13.2 Å². The van der Waals surface area contributed by atoms with Gasteiger partial charge in [0, 0.05) is 36.5 Å². The molecular weight excluding hydrogens is 530 g/mol. The first kappa shape index (κ1) is 24.1. The van der Waals surface area contributed by atoms with Crippen LogP contribution in [-0.4, -0.2) is 29.2 Å². The van der Waals surface area contributed by atoms with Crippen LogP contribution in [0.5, 0.6) is 0 Å². The Labute approximate surface area is 193 Å². The van der Waals surface area contributed by atoms with E-state index in [1.54, 1.807) is 0 Å². The fourth-order valence-corrected chi connectivity index (χ4v) is 3.28. The summed E-state index contributed by atoms with van der Waals surface area (Å²) in [4.78, 5) is 8.06. The average molecular weight is 551 g/mol. The number of nitrogens with one attached hydrogen (secondary N) is 2. The summed E-state index contributed by atoms with van der Waals surface area (Å²) >= 11 is 0.999. The van der Waals surface area contributed by atoms with Crippen molar-refractivity contribution in [3.05, 3.63) is 58.2 Å². The zero-order valence-electron chi connectivity index (χ0n) is 16.1. The number of halogens is 4. The minimum atomic E-state index is -4.41. The summed E-state index contributed by atoms with van der Waals surface area (Å²) in [7, 11) is 0. The molecule has 0 fully saturated rings. The number of thiazole rings is 1. The van der Waals surface area contributed by atoms with Crippen LogP contribution in [0, 0.1) is 0 Å². The Balaban J connectivity index is 0.00000320. The summed E-state index contributed by atoms with van der Waals surface area (Å²) in [6, 6.07) is 11.5. The maximum atomic E-state index is 12.6. The third kappa shape index (κ3) is 6.97. The third-order valence-corrected chi connectivity index (χ3v) is 4.74. The molecule has 11 heteroatoms. The van der Waals surface area contributed by atoms with E-state index in [2.05, 4.69) is 25.8 Å². The van der Waals surface area contributed by atoms with Crippen molar-refractivity contribution in [1.29, 1.82) is 0 Å². The van der Waals surface area contributed by atoms with Crippen molar-refractivity contribution in [2.75, 3.05) is 13.1 Å². The first-order valence-electron chi connectivity index (χ1n) is 9.00. The Morgan fingerprint density at radius 3 is 2.63 bits per heavy atom. The van der Waals surface area contributed by atoms with Crippen molar-refractivity contribution >= 4 is 41.3 Å². The van der Waals surface area contributed by atoms with Gasteiger partial charge in [-0.1, -0.05) is 35.5 Å². The Hall–Kier alpha value is -2.15. The molecule has 0 saturated heterocycles. The lowest BCUT2D eigenvalue weighted by atomic mass is 10.2. The number of benzene rings is 1. The van der Waals surface area contributed by atoms with Crippen LogP contribution < -0.4 is 10.6 Å². The molecule has 0 aliphatic rings. The van der Waals surface area contributed by atoms with Crippen LogP contribution in [0.3, 0.4) is 0 Å². The second-order valence-corrected chi connectivity index (χ2v) is 6.99. The molecule has 2 aromatic heterocycles. The number of guanidine groups is 1. The molecule has 30 heavy (non-hydrogen) atoms. The van der Waals surface area contributed by atoms with Crippen molar-refractivity contribution in [2.24, 2.45) is 4.99 Å². The molecule has 3 aromatic rings. The van der Waals surface area contributed by atoms with Gasteiger partial charge in [-0.05, 0) is 6.92 Å². The van der Waals surface area contributed by atoms with Gasteiger partial charge in [-0.25, -0.2) is 9.98 Å². The van der Waals surface area contributed by atoms with Crippen LogP contribution in [0.4, 0.5) is 13.2 Å². The van der Waals surface area contributed by atoms with E-state index in [-0.39, 0.29) is 24.0 Å². The van der Waals surface area contributed by atoms with E-state index >= 15 is 0 Å². The standard InChI is InChI=1S/C19H20F3N5OS.HI/c1-2-23-18(24-9-8-17-26-16(12-29-17)19(20,21)22)25-11-14-10-15(28-27-14)13-6-4-3-5-7-13;/h3-7,10,12H,2,8-9,11H2,1H3,(H2,23,24,25);1H. The highest BCUT2D eigenvalue weighted by Crippen LogP contribution is 2.30. The minimum absolute atomic E-state index is 0. The quantitative estimate of drug-likeness (QED) is 0.252. The number of nitrogens with zero attached hydrogens (tertiary/aromatic N) is 3. The molecule has 0 radical (unpaired) electrons. The molecule has 0 saturated carbocycles. The third-order valence-electron chi connectivity index (χ3n) is 3.83. The molecule has 0 unspecified atom stereocenters. The molecule has 0 aliphatic carbocycles. The summed E-state index contributed by atoms with van der Waals surface area (Å²) in [5.41, 5.74) is 0.760. The van der Waals surface area contributed by atoms with E-state index in [1.807, 2.05) is 43.3 Å². The van der Waals surface area contributed by atoms with Gasteiger partial charge in [0.05, 0.1) is 11.6 Å². The second kappa shape index (κ2) is 11.3. The van der Waals surface area contributed by atoms with Crippen LogP contribution in [-0.2, 0) is 19.1 Å². The van der Waals surface area contributed by atoms with Crippen molar-refractivity contribution in [1.82, 2.24) is 20.8 Å². The predicted molar refractivity (Wildman–Crippen MR) is 121 cm³/mol. The molecular formula is C19H21F3IN5OS. The number of hydrogen-bond acceptors (Lipinski definition) is 5. The number of hydrogen-bond donors (Lipinski definition) is 2.